The van der Waals surface area contributed by atoms with Crippen LogP contribution in [0.15, 0.2) is 52.9 Å². The number of rotatable bonds is 6. The Balaban J connectivity index is 1.53. The van der Waals surface area contributed by atoms with Crippen LogP contribution in [0.25, 0.3) is 11.0 Å². The van der Waals surface area contributed by atoms with Gasteiger partial charge in [-0.15, -0.1) is 0 Å². The van der Waals surface area contributed by atoms with Gasteiger partial charge in [-0.25, -0.2) is 0 Å². The summed E-state index contributed by atoms with van der Waals surface area (Å²) in [5.41, 5.74) is 1.94. The Morgan fingerprint density at radius 2 is 1.85 bits per heavy atom. The van der Waals surface area contributed by atoms with E-state index in [2.05, 4.69) is 38.2 Å². The van der Waals surface area contributed by atoms with Gasteiger partial charge in [0.05, 0.1) is 13.7 Å². The van der Waals surface area contributed by atoms with Crippen molar-refractivity contribution in [1.29, 1.82) is 0 Å². The molecule has 0 spiro atoms. The third-order valence-electron chi connectivity index (χ3n) is 4.33. The van der Waals surface area contributed by atoms with Gasteiger partial charge in [0.25, 0.3) is 5.91 Å². The molecule has 0 aliphatic carbocycles. The first-order valence-electron chi connectivity index (χ1n) is 8.96. The van der Waals surface area contributed by atoms with E-state index in [0.29, 0.717) is 24.5 Å². The Morgan fingerprint density at radius 1 is 1.11 bits per heavy atom. The minimum atomic E-state index is -0.278. The van der Waals surface area contributed by atoms with Crippen molar-refractivity contribution in [2.75, 3.05) is 20.3 Å². The number of hydrogen-bond donors (Lipinski definition) is 1. The summed E-state index contributed by atoms with van der Waals surface area (Å²) < 4.78 is 16.6. The summed E-state index contributed by atoms with van der Waals surface area (Å²) in [5.74, 6) is 1.36. The number of nitrogens with one attached hydrogen (secondary N) is 1. The van der Waals surface area contributed by atoms with Crippen molar-refractivity contribution < 1.29 is 18.7 Å². The minimum absolute atomic E-state index is 0.113. The van der Waals surface area contributed by atoms with E-state index in [1.807, 2.05) is 24.3 Å². The van der Waals surface area contributed by atoms with Crippen LogP contribution in [0, 0.1) is 0 Å². The van der Waals surface area contributed by atoms with E-state index in [-0.39, 0.29) is 17.1 Å². The van der Waals surface area contributed by atoms with Crippen molar-refractivity contribution in [1.82, 2.24) is 5.32 Å². The van der Waals surface area contributed by atoms with Crippen LogP contribution >= 0.6 is 0 Å². The summed E-state index contributed by atoms with van der Waals surface area (Å²) in [5, 5.41) is 3.63. The van der Waals surface area contributed by atoms with Crippen LogP contribution < -0.4 is 14.8 Å². The number of carbonyl (C=O) groups is 1. The lowest BCUT2D eigenvalue weighted by Gasteiger charge is -2.19. The number of furan rings is 1. The fourth-order valence-corrected chi connectivity index (χ4v) is 2.78. The van der Waals surface area contributed by atoms with Gasteiger partial charge in [0.1, 0.15) is 12.4 Å². The van der Waals surface area contributed by atoms with Crippen LogP contribution in [-0.2, 0) is 5.41 Å². The molecule has 0 unspecified atom stereocenters. The number of ether oxygens (including phenoxy) is 2. The maximum absolute atomic E-state index is 12.3. The summed E-state index contributed by atoms with van der Waals surface area (Å²) in [7, 11) is 1.57. The Hall–Kier alpha value is -2.95. The first kappa shape index (κ1) is 18.8. The predicted octanol–water partition coefficient (Wildman–Crippen LogP) is 4.55. The highest BCUT2D eigenvalue weighted by atomic mass is 16.5. The van der Waals surface area contributed by atoms with Crippen LogP contribution in [-0.4, -0.2) is 26.2 Å². The zero-order valence-corrected chi connectivity index (χ0v) is 16.2. The van der Waals surface area contributed by atoms with Crippen LogP contribution in [0.1, 0.15) is 36.9 Å². The predicted molar refractivity (Wildman–Crippen MR) is 106 cm³/mol. The molecular formula is C22H25NO4. The highest BCUT2D eigenvalue weighted by Crippen LogP contribution is 2.28. The van der Waals surface area contributed by atoms with E-state index in [9.17, 15) is 4.79 Å². The molecule has 1 aromatic heterocycles. The maximum atomic E-state index is 12.3. The molecule has 3 rings (SSSR count). The summed E-state index contributed by atoms with van der Waals surface area (Å²) in [6, 6.07) is 15.3. The average Bonchev–Trinajstić information content (AvgIpc) is 3.09. The molecule has 5 nitrogen and oxygen atoms in total. The van der Waals surface area contributed by atoms with E-state index in [1.165, 1.54) is 5.56 Å². The van der Waals surface area contributed by atoms with Crippen molar-refractivity contribution in [2.24, 2.45) is 0 Å². The lowest BCUT2D eigenvalue weighted by Crippen LogP contribution is -2.27. The molecule has 0 saturated carbocycles. The quantitative estimate of drug-likeness (QED) is 0.650. The molecule has 3 aromatic rings. The van der Waals surface area contributed by atoms with Crippen molar-refractivity contribution >= 4 is 16.9 Å². The highest BCUT2D eigenvalue weighted by molar-refractivity contribution is 5.97. The van der Waals surface area contributed by atoms with E-state index in [0.717, 1.165) is 11.1 Å². The second kappa shape index (κ2) is 7.74. The zero-order valence-electron chi connectivity index (χ0n) is 16.2. The number of carbonyl (C=O) groups excluding carboxylic acids is 1. The highest BCUT2D eigenvalue weighted by Gasteiger charge is 2.15. The van der Waals surface area contributed by atoms with Gasteiger partial charge in [-0.3, -0.25) is 4.79 Å². The lowest BCUT2D eigenvalue weighted by molar-refractivity contribution is 0.0921. The molecule has 0 saturated heterocycles. The third-order valence-corrected chi connectivity index (χ3v) is 4.33. The fourth-order valence-electron chi connectivity index (χ4n) is 2.78. The number of fused-ring (bicyclic) bond motifs is 1. The molecule has 0 fully saturated rings. The number of para-hydroxylation sites is 1. The van der Waals surface area contributed by atoms with Gasteiger partial charge in [-0.2, -0.15) is 0 Å². The molecule has 0 radical (unpaired) electrons. The van der Waals surface area contributed by atoms with Gasteiger partial charge in [-0.05, 0) is 35.2 Å². The summed E-state index contributed by atoms with van der Waals surface area (Å²) in [4.78, 5) is 12.3. The number of amides is 1. The van der Waals surface area contributed by atoms with E-state index >= 15 is 0 Å². The van der Waals surface area contributed by atoms with Crippen LogP contribution in [0.4, 0.5) is 0 Å². The molecule has 1 heterocycles. The topological polar surface area (TPSA) is 60.7 Å². The van der Waals surface area contributed by atoms with E-state index in [4.69, 9.17) is 13.9 Å². The monoisotopic (exact) mass is 367 g/mol. The third kappa shape index (κ3) is 4.42. The number of benzene rings is 2. The Labute approximate surface area is 159 Å². The maximum Gasteiger partial charge on any atom is 0.287 e. The first-order chi connectivity index (χ1) is 12.9. The normalized spacial score (nSPS) is 11.4. The fraction of sp³-hybridized carbons (Fsp3) is 0.318. The van der Waals surface area contributed by atoms with Gasteiger partial charge in [0.2, 0.25) is 0 Å². The van der Waals surface area contributed by atoms with E-state index < -0.39 is 0 Å². The molecule has 0 atom stereocenters. The average molecular weight is 367 g/mol. The molecule has 0 bridgehead atoms. The van der Waals surface area contributed by atoms with Gasteiger partial charge < -0.3 is 19.2 Å². The van der Waals surface area contributed by atoms with Crippen LogP contribution in [0.2, 0.25) is 0 Å². The minimum Gasteiger partial charge on any atom is -0.493 e. The standard InChI is InChI=1S/C22H25NO4/c1-22(2,3)16-8-10-17(11-9-16)26-13-12-23-21(24)19-14-15-6-5-7-18(25-4)20(15)27-19/h5-11,14H,12-13H2,1-4H3,(H,23,24). The molecule has 0 aliphatic heterocycles. The van der Waals surface area contributed by atoms with Gasteiger partial charge in [0, 0.05) is 5.39 Å². The summed E-state index contributed by atoms with van der Waals surface area (Å²) >= 11 is 0. The Bertz CT molecular complexity index is 920. The first-order valence-corrected chi connectivity index (χ1v) is 8.96. The number of hydrogen-bond acceptors (Lipinski definition) is 4. The smallest absolute Gasteiger partial charge is 0.287 e. The molecular weight excluding hydrogens is 342 g/mol. The van der Waals surface area contributed by atoms with Crippen molar-refractivity contribution in [2.45, 2.75) is 26.2 Å². The second-order valence-corrected chi connectivity index (χ2v) is 7.37. The molecule has 2 aromatic carbocycles. The zero-order chi connectivity index (χ0) is 19.4. The van der Waals surface area contributed by atoms with Crippen LogP contribution in [0.3, 0.4) is 0 Å². The molecule has 142 valence electrons. The number of methoxy groups -OCH3 is 1. The molecule has 1 amide bonds. The van der Waals surface area contributed by atoms with Gasteiger partial charge in [0.15, 0.2) is 17.1 Å². The van der Waals surface area contributed by atoms with E-state index in [1.54, 1.807) is 19.2 Å². The van der Waals surface area contributed by atoms with Crippen LogP contribution in [0.5, 0.6) is 11.5 Å². The SMILES string of the molecule is COc1cccc2cc(C(=O)NCCOc3ccc(C(C)(C)C)cc3)oc12. The van der Waals surface area contributed by atoms with Crippen molar-refractivity contribution in [3.05, 3.63) is 59.9 Å². The molecule has 0 aliphatic rings. The van der Waals surface area contributed by atoms with Gasteiger partial charge >= 0.3 is 0 Å². The van der Waals surface area contributed by atoms with Crippen molar-refractivity contribution in [3.8, 4) is 11.5 Å². The Morgan fingerprint density at radius 3 is 2.52 bits per heavy atom. The lowest BCUT2D eigenvalue weighted by atomic mass is 9.87. The summed E-state index contributed by atoms with van der Waals surface area (Å²) in [6.45, 7) is 7.28. The Kier molecular flexibility index (Phi) is 5.40. The molecule has 5 heteroatoms. The molecule has 27 heavy (non-hydrogen) atoms. The summed E-state index contributed by atoms with van der Waals surface area (Å²) in [6.07, 6.45) is 0. The second-order valence-electron chi connectivity index (χ2n) is 7.37. The largest absolute Gasteiger partial charge is 0.493 e. The van der Waals surface area contributed by atoms with Crippen molar-refractivity contribution in [3.63, 3.8) is 0 Å². The van der Waals surface area contributed by atoms with Gasteiger partial charge in [-0.1, -0.05) is 45.0 Å². The molecule has 1 N–H and O–H groups in total.